The maximum Gasteiger partial charge on any atom is 0.307 e. The average molecular weight is 247 g/mol. The minimum Gasteiger partial charge on any atom is -0.481 e. The topological polar surface area (TPSA) is 66.4 Å². The van der Waals surface area contributed by atoms with Gasteiger partial charge in [0, 0.05) is 5.69 Å². The number of amides is 1. The van der Waals surface area contributed by atoms with Gasteiger partial charge in [-0.1, -0.05) is 31.5 Å². The summed E-state index contributed by atoms with van der Waals surface area (Å²) in [7, 11) is 0. The molecular formula is C14H17NO3. The number of nitrogens with one attached hydrogen (secondary N) is 1. The van der Waals surface area contributed by atoms with Crippen molar-refractivity contribution in [2.45, 2.75) is 26.2 Å². The number of rotatable bonds is 5. The highest BCUT2D eigenvalue weighted by atomic mass is 16.4. The van der Waals surface area contributed by atoms with Crippen LogP contribution in [0.15, 0.2) is 24.3 Å². The molecule has 1 aliphatic carbocycles. The first-order chi connectivity index (χ1) is 8.63. The average Bonchev–Trinajstić information content (AvgIpc) is 3.12. The number of carboxylic acids is 1. The summed E-state index contributed by atoms with van der Waals surface area (Å²) < 4.78 is 0. The quantitative estimate of drug-likeness (QED) is 0.839. The van der Waals surface area contributed by atoms with E-state index in [1.54, 1.807) is 0 Å². The Hall–Kier alpha value is -1.84. The van der Waals surface area contributed by atoms with E-state index in [2.05, 4.69) is 12.2 Å². The molecule has 2 rings (SSSR count). The van der Waals surface area contributed by atoms with Gasteiger partial charge in [0.1, 0.15) is 0 Å². The first-order valence-electron chi connectivity index (χ1n) is 6.25. The van der Waals surface area contributed by atoms with E-state index in [0.29, 0.717) is 6.42 Å². The predicted molar refractivity (Wildman–Crippen MR) is 68.3 cm³/mol. The van der Waals surface area contributed by atoms with Crippen molar-refractivity contribution in [3.8, 4) is 0 Å². The van der Waals surface area contributed by atoms with Crippen molar-refractivity contribution in [1.82, 2.24) is 0 Å². The second-order valence-corrected chi connectivity index (χ2v) is 4.68. The second-order valence-electron chi connectivity index (χ2n) is 4.68. The van der Waals surface area contributed by atoms with Gasteiger partial charge in [-0.05, 0) is 24.5 Å². The van der Waals surface area contributed by atoms with E-state index in [1.165, 1.54) is 0 Å². The normalized spacial score (nSPS) is 21.4. The van der Waals surface area contributed by atoms with Crippen LogP contribution in [-0.4, -0.2) is 17.0 Å². The Morgan fingerprint density at radius 3 is 2.67 bits per heavy atom. The van der Waals surface area contributed by atoms with Crippen LogP contribution in [0.1, 0.15) is 25.3 Å². The Kier molecular flexibility index (Phi) is 3.65. The van der Waals surface area contributed by atoms with Crippen LogP contribution in [0.5, 0.6) is 0 Å². The van der Waals surface area contributed by atoms with Crippen LogP contribution >= 0.6 is 0 Å². The number of anilines is 1. The molecule has 0 aliphatic heterocycles. The van der Waals surface area contributed by atoms with E-state index in [-0.39, 0.29) is 11.8 Å². The van der Waals surface area contributed by atoms with E-state index in [0.717, 1.165) is 24.1 Å². The molecule has 0 unspecified atom stereocenters. The van der Waals surface area contributed by atoms with Gasteiger partial charge in [0.15, 0.2) is 0 Å². The van der Waals surface area contributed by atoms with Crippen molar-refractivity contribution in [1.29, 1.82) is 0 Å². The van der Waals surface area contributed by atoms with Gasteiger partial charge in [-0.2, -0.15) is 0 Å². The van der Waals surface area contributed by atoms with E-state index in [1.807, 2.05) is 24.3 Å². The summed E-state index contributed by atoms with van der Waals surface area (Å²) in [6.45, 7) is 2.08. The fourth-order valence-corrected chi connectivity index (χ4v) is 2.11. The molecule has 18 heavy (non-hydrogen) atoms. The number of aliphatic carboxylic acids is 1. The van der Waals surface area contributed by atoms with E-state index in [9.17, 15) is 9.59 Å². The van der Waals surface area contributed by atoms with Crippen molar-refractivity contribution in [3.63, 3.8) is 0 Å². The molecule has 1 amide bonds. The zero-order chi connectivity index (χ0) is 13.1. The molecule has 0 bridgehead atoms. The number of para-hydroxylation sites is 1. The molecule has 1 aliphatic rings. The van der Waals surface area contributed by atoms with E-state index < -0.39 is 11.9 Å². The number of benzene rings is 1. The lowest BCUT2D eigenvalue weighted by atomic mass is 10.1. The molecule has 0 spiro atoms. The summed E-state index contributed by atoms with van der Waals surface area (Å²) in [4.78, 5) is 22.6. The fourth-order valence-electron chi connectivity index (χ4n) is 2.11. The lowest BCUT2D eigenvalue weighted by Crippen LogP contribution is -2.17. The smallest absolute Gasteiger partial charge is 0.307 e. The Labute approximate surface area is 106 Å². The maximum absolute atomic E-state index is 11.9. The van der Waals surface area contributed by atoms with Crippen LogP contribution in [0, 0.1) is 11.8 Å². The molecule has 96 valence electrons. The molecule has 1 aromatic rings. The van der Waals surface area contributed by atoms with E-state index >= 15 is 0 Å². The Bertz CT molecular complexity index is 470. The fraction of sp³-hybridized carbons (Fsp3) is 0.429. The van der Waals surface area contributed by atoms with Crippen LogP contribution in [0.3, 0.4) is 0 Å². The van der Waals surface area contributed by atoms with Crippen LogP contribution in [0.25, 0.3) is 0 Å². The van der Waals surface area contributed by atoms with Gasteiger partial charge >= 0.3 is 5.97 Å². The first-order valence-corrected chi connectivity index (χ1v) is 6.25. The van der Waals surface area contributed by atoms with Crippen molar-refractivity contribution in [2.24, 2.45) is 11.8 Å². The molecule has 1 fully saturated rings. The van der Waals surface area contributed by atoms with E-state index in [4.69, 9.17) is 5.11 Å². The van der Waals surface area contributed by atoms with Gasteiger partial charge in [0.2, 0.25) is 5.91 Å². The van der Waals surface area contributed by atoms with Crippen molar-refractivity contribution in [3.05, 3.63) is 29.8 Å². The Morgan fingerprint density at radius 2 is 2.06 bits per heavy atom. The zero-order valence-corrected chi connectivity index (χ0v) is 10.3. The lowest BCUT2D eigenvalue weighted by Gasteiger charge is -2.09. The third kappa shape index (κ3) is 2.70. The molecule has 0 saturated heterocycles. The summed E-state index contributed by atoms with van der Waals surface area (Å²) in [6, 6.07) is 7.66. The second kappa shape index (κ2) is 5.21. The summed E-state index contributed by atoms with van der Waals surface area (Å²) in [5, 5.41) is 11.6. The molecule has 1 aromatic carbocycles. The molecule has 1 saturated carbocycles. The number of aryl methyl sites for hydroxylation is 1. The standard InChI is InChI=1S/C14H17NO3/c1-2-5-9-6-3-4-7-12(9)15-13(16)10-8-11(10)14(17)18/h3-4,6-7,10-11H,2,5,8H2,1H3,(H,15,16)(H,17,18)/t10-,11+/m1/s1. The van der Waals surface area contributed by atoms with Crippen LogP contribution in [0.2, 0.25) is 0 Å². The number of carboxylic acid groups (broad SMARTS) is 1. The van der Waals surface area contributed by atoms with Crippen molar-refractivity contribution >= 4 is 17.6 Å². The third-order valence-electron chi connectivity index (χ3n) is 3.24. The van der Waals surface area contributed by atoms with Gasteiger partial charge < -0.3 is 10.4 Å². The maximum atomic E-state index is 11.9. The van der Waals surface area contributed by atoms with Crippen LogP contribution in [-0.2, 0) is 16.0 Å². The number of carbonyl (C=O) groups excluding carboxylic acids is 1. The van der Waals surface area contributed by atoms with Gasteiger partial charge in [0.05, 0.1) is 11.8 Å². The summed E-state index contributed by atoms with van der Waals surface area (Å²) in [5.41, 5.74) is 1.90. The van der Waals surface area contributed by atoms with Crippen LogP contribution in [0.4, 0.5) is 5.69 Å². The van der Waals surface area contributed by atoms with Gasteiger partial charge in [-0.25, -0.2) is 0 Å². The number of hydrogen-bond donors (Lipinski definition) is 2. The van der Waals surface area contributed by atoms with Gasteiger partial charge in [0.25, 0.3) is 0 Å². The summed E-state index contributed by atoms with van der Waals surface area (Å²) in [6.07, 6.45) is 2.37. The zero-order valence-electron chi connectivity index (χ0n) is 10.3. The molecule has 0 aromatic heterocycles. The lowest BCUT2D eigenvalue weighted by molar-refractivity contribution is -0.139. The summed E-state index contributed by atoms with van der Waals surface area (Å²) >= 11 is 0. The molecule has 4 nitrogen and oxygen atoms in total. The number of hydrogen-bond acceptors (Lipinski definition) is 2. The predicted octanol–water partition coefficient (Wildman–Crippen LogP) is 2.30. The largest absolute Gasteiger partial charge is 0.481 e. The molecule has 0 radical (unpaired) electrons. The monoisotopic (exact) mass is 247 g/mol. The molecule has 2 N–H and O–H groups in total. The third-order valence-corrected chi connectivity index (χ3v) is 3.24. The highest BCUT2D eigenvalue weighted by Crippen LogP contribution is 2.39. The minimum absolute atomic E-state index is 0.175. The molecular weight excluding hydrogens is 230 g/mol. The Balaban J connectivity index is 2.01. The minimum atomic E-state index is -0.878. The van der Waals surface area contributed by atoms with Crippen molar-refractivity contribution < 1.29 is 14.7 Å². The highest BCUT2D eigenvalue weighted by molar-refractivity contribution is 5.98. The van der Waals surface area contributed by atoms with Crippen molar-refractivity contribution in [2.75, 3.05) is 5.32 Å². The van der Waals surface area contributed by atoms with Crippen LogP contribution < -0.4 is 5.32 Å². The Morgan fingerprint density at radius 1 is 1.33 bits per heavy atom. The molecule has 4 heteroatoms. The van der Waals surface area contributed by atoms with Gasteiger partial charge in [-0.3, -0.25) is 9.59 Å². The molecule has 0 heterocycles. The molecule has 2 atom stereocenters. The highest BCUT2D eigenvalue weighted by Gasteiger charge is 2.48. The summed E-state index contributed by atoms with van der Waals surface area (Å²) in [5.74, 6) is -1.91. The van der Waals surface area contributed by atoms with Gasteiger partial charge in [-0.15, -0.1) is 0 Å². The SMILES string of the molecule is CCCc1ccccc1NC(=O)[C@@H]1C[C@@H]1C(=O)O. The number of carbonyl (C=O) groups is 2. The first kappa shape index (κ1) is 12.6.